The van der Waals surface area contributed by atoms with E-state index >= 15 is 0 Å². The van der Waals surface area contributed by atoms with Crippen molar-refractivity contribution in [2.45, 2.75) is 30.6 Å². The van der Waals surface area contributed by atoms with Gasteiger partial charge in [0, 0.05) is 19.2 Å². The average Bonchev–Trinajstić information content (AvgIpc) is 2.71. The molecule has 0 saturated carbocycles. The number of nitrogens with one attached hydrogen (secondary N) is 2. The summed E-state index contributed by atoms with van der Waals surface area (Å²) in [6.45, 7) is 2.67. The zero-order chi connectivity index (χ0) is 10.7. The molecule has 0 radical (unpaired) electrons. The smallest absolute Gasteiger partial charge is 0.217 e. The quantitative estimate of drug-likeness (QED) is 0.687. The van der Waals surface area contributed by atoms with Crippen molar-refractivity contribution in [3.63, 3.8) is 0 Å². The number of sulfonamides is 1. The van der Waals surface area contributed by atoms with Gasteiger partial charge in [-0.1, -0.05) is 0 Å². The van der Waals surface area contributed by atoms with E-state index in [1.807, 2.05) is 0 Å². The lowest BCUT2D eigenvalue weighted by atomic mass is 10.2. The van der Waals surface area contributed by atoms with Gasteiger partial charge in [0.05, 0.1) is 11.9 Å². The zero-order valence-corrected chi connectivity index (χ0v) is 9.55. The van der Waals surface area contributed by atoms with Crippen molar-refractivity contribution in [1.29, 1.82) is 0 Å². The Balaban J connectivity index is 1.92. The van der Waals surface area contributed by atoms with Crippen molar-refractivity contribution in [2.75, 3.05) is 26.3 Å². The maximum absolute atomic E-state index is 11.9. The highest BCUT2D eigenvalue weighted by atomic mass is 32.2. The summed E-state index contributed by atoms with van der Waals surface area (Å²) in [6.07, 6.45) is 2.44. The summed E-state index contributed by atoms with van der Waals surface area (Å²) in [4.78, 5) is 0. The van der Waals surface area contributed by atoms with E-state index in [-0.39, 0.29) is 11.3 Å². The van der Waals surface area contributed by atoms with Crippen molar-refractivity contribution >= 4 is 10.0 Å². The Labute approximate surface area is 90.6 Å². The molecule has 2 aliphatic heterocycles. The highest BCUT2D eigenvalue weighted by Crippen LogP contribution is 2.14. The summed E-state index contributed by atoms with van der Waals surface area (Å²) in [5.41, 5.74) is 0. The fourth-order valence-electron chi connectivity index (χ4n) is 2.04. The molecule has 0 amide bonds. The van der Waals surface area contributed by atoms with E-state index in [9.17, 15) is 8.42 Å². The van der Waals surface area contributed by atoms with E-state index in [0.29, 0.717) is 13.2 Å². The molecule has 6 heteroatoms. The van der Waals surface area contributed by atoms with Gasteiger partial charge in [-0.05, 0) is 25.8 Å². The maximum Gasteiger partial charge on any atom is 0.217 e. The molecule has 2 unspecified atom stereocenters. The van der Waals surface area contributed by atoms with Gasteiger partial charge < -0.3 is 10.1 Å². The molecule has 88 valence electrons. The summed E-state index contributed by atoms with van der Waals surface area (Å²) < 4.78 is 31.8. The van der Waals surface area contributed by atoms with Crippen molar-refractivity contribution in [3.05, 3.63) is 0 Å². The predicted molar refractivity (Wildman–Crippen MR) is 57.2 cm³/mol. The topological polar surface area (TPSA) is 67.4 Å². The third-order valence-corrected chi connectivity index (χ3v) is 4.86. The van der Waals surface area contributed by atoms with Gasteiger partial charge in [0.15, 0.2) is 0 Å². The van der Waals surface area contributed by atoms with Gasteiger partial charge >= 0.3 is 0 Å². The summed E-state index contributed by atoms with van der Waals surface area (Å²) in [7, 11) is -3.18. The largest absolute Gasteiger partial charge is 0.380 e. The molecule has 2 aliphatic rings. The third kappa shape index (κ3) is 2.90. The van der Waals surface area contributed by atoms with Gasteiger partial charge in [-0.25, -0.2) is 13.1 Å². The minimum atomic E-state index is -3.18. The Morgan fingerprint density at radius 2 is 2.20 bits per heavy atom. The molecular formula is C9H18N2O3S. The van der Waals surface area contributed by atoms with Gasteiger partial charge in [0.2, 0.25) is 10.0 Å². The predicted octanol–water partition coefficient (Wildman–Crippen LogP) is -0.553. The van der Waals surface area contributed by atoms with Crippen LogP contribution in [0.3, 0.4) is 0 Å². The molecule has 0 aromatic rings. The first-order valence-corrected chi connectivity index (χ1v) is 7.03. The van der Waals surface area contributed by atoms with E-state index < -0.39 is 10.0 Å². The van der Waals surface area contributed by atoms with Crippen LogP contribution in [0.1, 0.15) is 19.3 Å². The fourth-order valence-corrected chi connectivity index (χ4v) is 3.65. The van der Waals surface area contributed by atoms with Crippen LogP contribution >= 0.6 is 0 Å². The lowest BCUT2D eigenvalue weighted by Gasteiger charge is -2.24. The normalized spacial score (nSPS) is 33.1. The number of hydrogen-bond acceptors (Lipinski definition) is 4. The molecule has 2 atom stereocenters. The van der Waals surface area contributed by atoms with Crippen LogP contribution in [-0.4, -0.2) is 46.0 Å². The molecule has 15 heavy (non-hydrogen) atoms. The van der Waals surface area contributed by atoms with Gasteiger partial charge in [0.25, 0.3) is 0 Å². The lowest BCUT2D eigenvalue weighted by molar-refractivity contribution is 0.0987. The van der Waals surface area contributed by atoms with E-state index in [4.69, 9.17) is 4.74 Å². The minimum Gasteiger partial charge on any atom is -0.380 e. The minimum absolute atomic E-state index is 0.0666. The summed E-state index contributed by atoms with van der Waals surface area (Å²) in [5, 5.41) is 2.78. The van der Waals surface area contributed by atoms with Crippen molar-refractivity contribution in [2.24, 2.45) is 0 Å². The SMILES string of the molecule is O=S(=O)(NC1CCNC1)C1CCCOC1. The molecular weight excluding hydrogens is 216 g/mol. The molecule has 2 rings (SSSR count). The maximum atomic E-state index is 11.9. The molecule has 0 bridgehead atoms. The second-order valence-corrected chi connectivity index (χ2v) is 6.18. The highest BCUT2D eigenvalue weighted by molar-refractivity contribution is 7.90. The summed E-state index contributed by atoms with van der Waals surface area (Å²) in [5.74, 6) is 0. The first kappa shape index (κ1) is 11.3. The van der Waals surface area contributed by atoms with Crippen LogP contribution in [0.25, 0.3) is 0 Å². The number of ether oxygens (including phenoxy) is 1. The Morgan fingerprint density at radius 1 is 1.33 bits per heavy atom. The number of rotatable bonds is 3. The van der Waals surface area contributed by atoms with E-state index in [0.717, 1.165) is 32.4 Å². The Bertz CT molecular complexity index is 292. The van der Waals surface area contributed by atoms with Gasteiger partial charge in [-0.3, -0.25) is 0 Å². The van der Waals surface area contributed by atoms with Crippen LogP contribution in [0.4, 0.5) is 0 Å². The summed E-state index contributed by atoms with van der Waals surface area (Å²) in [6, 6.07) is 0.0666. The highest BCUT2D eigenvalue weighted by Gasteiger charge is 2.30. The molecule has 0 aromatic heterocycles. The first-order valence-electron chi connectivity index (χ1n) is 5.48. The molecule has 2 fully saturated rings. The first-order chi connectivity index (χ1) is 7.18. The molecule has 0 aromatic carbocycles. The zero-order valence-electron chi connectivity index (χ0n) is 8.74. The second kappa shape index (κ2) is 4.78. The van der Waals surface area contributed by atoms with Crippen LogP contribution in [0.2, 0.25) is 0 Å². The Kier molecular flexibility index (Phi) is 3.60. The van der Waals surface area contributed by atoms with E-state index in [1.54, 1.807) is 0 Å². The van der Waals surface area contributed by atoms with Gasteiger partial charge in [0.1, 0.15) is 0 Å². The van der Waals surface area contributed by atoms with Crippen LogP contribution < -0.4 is 10.0 Å². The van der Waals surface area contributed by atoms with Crippen molar-refractivity contribution < 1.29 is 13.2 Å². The Hall–Kier alpha value is -0.170. The third-order valence-electron chi connectivity index (χ3n) is 2.95. The Morgan fingerprint density at radius 3 is 2.80 bits per heavy atom. The van der Waals surface area contributed by atoms with Crippen LogP contribution in [-0.2, 0) is 14.8 Å². The molecule has 0 aliphatic carbocycles. The molecule has 5 nitrogen and oxygen atoms in total. The average molecular weight is 234 g/mol. The second-order valence-electron chi connectivity index (χ2n) is 4.19. The van der Waals surface area contributed by atoms with Gasteiger partial charge in [-0.15, -0.1) is 0 Å². The van der Waals surface area contributed by atoms with Crippen LogP contribution in [0.15, 0.2) is 0 Å². The van der Waals surface area contributed by atoms with E-state index in [1.165, 1.54) is 0 Å². The van der Waals surface area contributed by atoms with E-state index in [2.05, 4.69) is 10.0 Å². The van der Waals surface area contributed by atoms with Crippen LogP contribution in [0, 0.1) is 0 Å². The summed E-state index contributed by atoms with van der Waals surface area (Å²) >= 11 is 0. The monoisotopic (exact) mass is 234 g/mol. The molecule has 0 spiro atoms. The molecule has 2 saturated heterocycles. The van der Waals surface area contributed by atoms with Gasteiger partial charge in [-0.2, -0.15) is 0 Å². The fraction of sp³-hybridized carbons (Fsp3) is 1.00. The lowest BCUT2D eigenvalue weighted by Crippen LogP contribution is -2.44. The van der Waals surface area contributed by atoms with Crippen LogP contribution in [0.5, 0.6) is 0 Å². The molecule has 2 N–H and O–H groups in total. The standard InChI is InChI=1S/C9H18N2O3S/c12-15(13,9-2-1-5-14-7-9)11-8-3-4-10-6-8/h8-11H,1-7H2. The molecule has 2 heterocycles. The van der Waals surface area contributed by atoms with Crippen molar-refractivity contribution in [1.82, 2.24) is 10.0 Å². The van der Waals surface area contributed by atoms with Crippen molar-refractivity contribution in [3.8, 4) is 0 Å². The number of hydrogen-bond donors (Lipinski definition) is 2.